The van der Waals surface area contributed by atoms with Crippen molar-refractivity contribution in [1.82, 2.24) is 0 Å². The molecule has 0 aliphatic rings. The van der Waals surface area contributed by atoms with Crippen molar-refractivity contribution < 1.29 is 14.6 Å². The minimum absolute atomic E-state index is 0. The summed E-state index contributed by atoms with van der Waals surface area (Å²) in [5.41, 5.74) is 8.05. The Morgan fingerprint density at radius 1 is 1.22 bits per heavy atom. The molecule has 0 radical (unpaired) electrons. The Bertz CT molecular complexity index is 781. The number of benzene rings is 2. The number of ether oxygens (including phenoxy) is 1. The fourth-order valence-corrected chi connectivity index (χ4v) is 2.53. The average molecular weight is 393 g/mol. The fourth-order valence-electron chi connectivity index (χ4n) is 2.53. The van der Waals surface area contributed by atoms with Crippen LogP contribution in [0, 0.1) is 5.41 Å². The van der Waals surface area contributed by atoms with Crippen molar-refractivity contribution in [3.05, 3.63) is 53.6 Å². The summed E-state index contributed by atoms with van der Waals surface area (Å²) in [6.45, 7) is 5.09. The Hall–Kier alpha value is -2.93. The van der Waals surface area contributed by atoms with Crippen molar-refractivity contribution >= 4 is 35.6 Å². The molecular weight excluding hydrogens is 368 g/mol. The monoisotopic (exact) mass is 392 g/mol. The molecule has 2 rings (SSSR count). The lowest BCUT2D eigenvalue weighted by atomic mass is 10.0. The average Bonchev–Trinajstić information content (AvgIpc) is 2.62. The number of nitrogens with one attached hydrogen (secondary N) is 3. The quantitative estimate of drug-likeness (QED) is 0.329. The van der Waals surface area contributed by atoms with Gasteiger partial charge in [-0.05, 0) is 55.8 Å². The molecule has 0 aliphatic carbocycles. The highest BCUT2D eigenvalue weighted by Crippen LogP contribution is 2.30. The summed E-state index contributed by atoms with van der Waals surface area (Å²) < 4.78 is 5.63. The van der Waals surface area contributed by atoms with Crippen molar-refractivity contribution in [2.45, 2.75) is 19.9 Å². The molecule has 2 aromatic rings. The molecule has 0 bridgehead atoms. The number of aliphatic carboxylic acids is 1. The van der Waals surface area contributed by atoms with Crippen molar-refractivity contribution in [3.8, 4) is 5.75 Å². The number of amidine groups is 1. The molecule has 1 atom stereocenters. The predicted molar refractivity (Wildman–Crippen MR) is 110 cm³/mol. The Kier molecular flexibility index (Phi) is 8.41. The summed E-state index contributed by atoms with van der Waals surface area (Å²) in [5.74, 6) is -0.419. The van der Waals surface area contributed by atoms with E-state index in [2.05, 4.69) is 10.6 Å². The molecule has 27 heavy (non-hydrogen) atoms. The van der Waals surface area contributed by atoms with E-state index in [9.17, 15) is 9.90 Å². The van der Waals surface area contributed by atoms with Crippen molar-refractivity contribution in [2.75, 3.05) is 23.8 Å². The topological polar surface area (TPSA) is 120 Å². The second kappa shape index (κ2) is 10.3. The summed E-state index contributed by atoms with van der Waals surface area (Å²) in [6.07, 6.45) is 0. The lowest BCUT2D eigenvalue weighted by Crippen LogP contribution is -2.21. The number of anilines is 2. The zero-order chi connectivity index (χ0) is 19.1. The number of hydrogen-bond acceptors (Lipinski definition) is 5. The van der Waals surface area contributed by atoms with E-state index in [1.807, 2.05) is 19.9 Å². The first-order valence-corrected chi connectivity index (χ1v) is 8.40. The molecule has 0 heterocycles. The Morgan fingerprint density at radius 3 is 2.41 bits per heavy atom. The van der Waals surface area contributed by atoms with Crippen LogP contribution in [0.2, 0.25) is 0 Å². The van der Waals surface area contributed by atoms with E-state index in [1.54, 1.807) is 36.4 Å². The minimum Gasteiger partial charge on any atom is -0.492 e. The van der Waals surface area contributed by atoms with Crippen LogP contribution in [0.1, 0.15) is 31.0 Å². The molecule has 0 fully saturated rings. The number of rotatable bonds is 9. The molecule has 0 aromatic heterocycles. The molecule has 0 spiro atoms. The highest BCUT2D eigenvalue weighted by atomic mass is 35.5. The third kappa shape index (κ3) is 5.79. The number of carboxylic acid groups (broad SMARTS) is 1. The van der Waals surface area contributed by atoms with Crippen molar-refractivity contribution in [2.24, 2.45) is 5.73 Å². The molecule has 7 nitrogen and oxygen atoms in total. The van der Waals surface area contributed by atoms with Crippen LogP contribution in [0.3, 0.4) is 0 Å². The van der Waals surface area contributed by atoms with Crippen LogP contribution in [0.15, 0.2) is 42.5 Å². The maximum absolute atomic E-state index is 11.8. The van der Waals surface area contributed by atoms with Crippen LogP contribution >= 0.6 is 12.4 Å². The van der Waals surface area contributed by atoms with Crippen molar-refractivity contribution in [3.63, 3.8) is 0 Å². The summed E-state index contributed by atoms with van der Waals surface area (Å²) in [7, 11) is 0. The van der Waals surface area contributed by atoms with E-state index >= 15 is 0 Å². The van der Waals surface area contributed by atoms with Gasteiger partial charge in [0.2, 0.25) is 0 Å². The van der Waals surface area contributed by atoms with Gasteiger partial charge >= 0.3 is 5.97 Å². The summed E-state index contributed by atoms with van der Waals surface area (Å²) >= 11 is 0. The molecule has 0 amide bonds. The Morgan fingerprint density at radius 2 is 1.89 bits per heavy atom. The van der Waals surface area contributed by atoms with E-state index in [1.165, 1.54) is 0 Å². The molecule has 2 aromatic carbocycles. The van der Waals surface area contributed by atoms with E-state index in [-0.39, 0.29) is 18.2 Å². The standard InChI is InChI=1S/C19H24N4O3.ClH/c1-3-22-15-10-7-13(11-16(15)26-4-2)17(19(24)25)23-14-8-5-12(6-9-14)18(20)21;/h5-11,17,22-23H,3-4H2,1-2H3,(H3,20,21)(H,24,25);1H. The third-order valence-corrected chi connectivity index (χ3v) is 3.76. The van der Waals surface area contributed by atoms with E-state index < -0.39 is 12.0 Å². The lowest BCUT2D eigenvalue weighted by Gasteiger charge is -2.19. The van der Waals surface area contributed by atoms with Gasteiger partial charge in [0, 0.05) is 17.8 Å². The fraction of sp³-hybridized carbons (Fsp3) is 0.263. The summed E-state index contributed by atoms with van der Waals surface area (Å²) in [4.78, 5) is 11.8. The lowest BCUT2D eigenvalue weighted by molar-refractivity contribution is -0.138. The highest BCUT2D eigenvalue weighted by molar-refractivity contribution is 5.95. The second-order valence-corrected chi connectivity index (χ2v) is 5.63. The number of hydrogen-bond donors (Lipinski definition) is 5. The van der Waals surface area contributed by atoms with Gasteiger partial charge in [-0.15, -0.1) is 12.4 Å². The smallest absolute Gasteiger partial charge is 0.330 e. The van der Waals surface area contributed by atoms with Crippen LogP contribution < -0.4 is 21.1 Å². The Balaban J connectivity index is 0.00000364. The molecule has 0 saturated heterocycles. The van der Waals surface area contributed by atoms with Gasteiger partial charge in [0.05, 0.1) is 12.3 Å². The molecule has 0 aliphatic heterocycles. The van der Waals surface area contributed by atoms with Crippen LogP contribution in [-0.4, -0.2) is 30.1 Å². The zero-order valence-corrected chi connectivity index (χ0v) is 16.1. The number of nitrogens with two attached hydrogens (primary N) is 1. The highest BCUT2D eigenvalue weighted by Gasteiger charge is 2.21. The molecule has 6 N–H and O–H groups in total. The first-order valence-electron chi connectivity index (χ1n) is 8.40. The molecule has 0 saturated carbocycles. The van der Waals surface area contributed by atoms with E-state index in [4.69, 9.17) is 15.9 Å². The van der Waals surface area contributed by atoms with E-state index in [0.29, 0.717) is 29.2 Å². The zero-order valence-electron chi connectivity index (χ0n) is 15.3. The third-order valence-electron chi connectivity index (χ3n) is 3.76. The largest absolute Gasteiger partial charge is 0.492 e. The van der Waals surface area contributed by atoms with Gasteiger partial charge in [0.25, 0.3) is 0 Å². The van der Waals surface area contributed by atoms with Crippen LogP contribution in [0.5, 0.6) is 5.75 Å². The second-order valence-electron chi connectivity index (χ2n) is 5.63. The van der Waals surface area contributed by atoms with Gasteiger partial charge in [-0.3, -0.25) is 5.41 Å². The number of carbonyl (C=O) groups is 1. The van der Waals surface area contributed by atoms with E-state index in [0.717, 1.165) is 12.2 Å². The SMILES string of the molecule is CCNc1ccc(C(Nc2ccc(C(=N)N)cc2)C(=O)O)cc1OCC.Cl. The predicted octanol–water partition coefficient (Wildman–Crippen LogP) is 3.46. The van der Waals surface area contributed by atoms with Gasteiger partial charge in [0.15, 0.2) is 6.04 Å². The molecule has 1 unspecified atom stereocenters. The molecule has 146 valence electrons. The first-order chi connectivity index (χ1) is 12.5. The van der Waals surface area contributed by atoms with Gasteiger partial charge in [-0.1, -0.05) is 6.07 Å². The van der Waals surface area contributed by atoms with Crippen LogP contribution in [0.4, 0.5) is 11.4 Å². The number of halogens is 1. The molecule has 8 heteroatoms. The van der Waals surface area contributed by atoms with Crippen molar-refractivity contribution in [1.29, 1.82) is 5.41 Å². The first kappa shape index (κ1) is 22.1. The minimum atomic E-state index is -1.00. The van der Waals surface area contributed by atoms with Gasteiger partial charge < -0.3 is 26.2 Å². The maximum Gasteiger partial charge on any atom is 0.330 e. The number of carboxylic acids is 1. The Labute approximate surface area is 164 Å². The van der Waals surface area contributed by atoms with Gasteiger partial charge in [-0.2, -0.15) is 0 Å². The van der Waals surface area contributed by atoms with Crippen LogP contribution in [-0.2, 0) is 4.79 Å². The number of nitrogen functional groups attached to an aromatic ring is 1. The normalized spacial score (nSPS) is 11.0. The van der Waals surface area contributed by atoms with Gasteiger partial charge in [0.1, 0.15) is 11.6 Å². The maximum atomic E-state index is 11.8. The van der Waals surface area contributed by atoms with Gasteiger partial charge in [-0.25, -0.2) is 4.79 Å². The summed E-state index contributed by atoms with van der Waals surface area (Å²) in [5, 5.41) is 23.3. The molecular formula is C19H25ClN4O3. The van der Waals surface area contributed by atoms with Crippen LogP contribution in [0.25, 0.3) is 0 Å². The summed E-state index contributed by atoms with van der Waals surface area (Å²) in [6, 6.07) is 11.1.